The predicted octanol–water partition coefficient (Wildman–Crippen LogP) is 4.33. The summed E-state index contributed by atoms with van der Waals surface area (Å²) in [5.41, 5.74) is 0.793. The van der Waals surface area contributed by atoms with Crippen LogP contribution in [0.3, 0.4) is 0 Å². The molecule has 144 valence electrons. The van der Waals surface area contributed by atoms with Crippen molar-refractivity contribution in [2.24, 2.45) is 0 Å². The van der Waals surface area contributed by atoms with E-state index in [4.69, 9.17) is 4.74 Å². The van der Waals surface area contributed by atoms with Crippen molar-refractivity contribution >= 4 is 16.7 Å². The van der Waals surface area contributed by atoms with Crippen molar-refractivity contribution in [2.45, 2.75) is 51.7 Å². The van der Waals surface area contributed by atoms with E-state index < -0.39 is 0 Å². The van der Waals surface area contributed by atoms with Crippen LogP contribution in [0.2, 0.25) is 0 Å². The number of fused-ring (bicyclic) bond motifs is 1. The fraction of sp³-hybridized carbons (Fsp3) is 0.522. The van der Waals surface area contributed by atoms with Gasteiger partial charge in [0.2, 0.25) is 0 Å². The standard InChI is InChI=1S/C23H30N2O2/c1-17(2)25-13-10-22(16-25)27-21-9-8-18-14-20(7-6-19(18)15-21)23(26)24-11-4-3-5-12-24/h6-9,14-15,17,22H,3-5,10-13,16H2,1-2H3. The molecular formula is C23H30N2O2. The van der Waals surface area contributed by atoms with Gasteiger partial charge in [0.15, 0.2) is 0 Å². The van der Waals surface area contributed by atoms with Gasteiger partial charge in [-0.05, 0) is 74.6 Å². The molecule has 0 N–H and O–H groups in total. The molecule has 2 heterocycles. The number of hydrogen-bond acceptors (Lipinski definition) is 3. The van der Waals surface area contributed by atoms with Crippen molar-refractivity contribution in [2.75, 3.05) is 26.2 Å². The second kappa shape index (κ2) is 7.89. The highest BCUT2D eigenvalue weighted by Crippen LogP contribution is 2.26. The first-order valence-electron chi connectivity index (χ1n) is 10.3. The number of nitrogens with zero attached hydrogens (tertiary/aromatic N) is 2. The van der Waals surface area contributed by atoms with Crippen molar-refractivity contribution in [1.82, 2.24) is 9.80 Å². The molecule has 4 rings (SSSR count). The fourth-order valence-electron chi connectivity index (χ4n) is 4.22. The number of carbonyl (C=O) groups excluding carboxylic acids is 1. The van der Waals surface area contributed by atoms with Crippen molar-refractivity contribution < 1.29 is 9.53 Å². The van der Waals surface area contributed by atoms with E-state index in [1.807, 2.05) is 23.1 Å². The van der Waals surface area contributed by atoms with Gasteiger partial charge in [-0.2, -0.15) is 0 Å². The molecular weight excluding hydrogens is 336 g/mol. The molecule has 2 saturated heterocycles. The van der Waals surface area contributed by atoms with Crippen LogP contribution < -0.4 is 4.74 Å². The summed E-state index contributed by atoms with van der Waals surface area (Å²) >= 11 is 0. The number of piperidine rings is 1. The molecule has 0 saturated carbocycles. The predicted molar refractivity (Wildman–Crippen MR) is 109 cm³/mol. The van der Waals surface area contributed by atoms with Crippen molar-refractivity contribution in [3.05, 3.63) is 42.0 Å². The van der Waals surface area contributed by atoms with Crippen LogP contribution >= 0.6 is 0 Å². The molecule has 0 radical (unpaired) electrons. The van der Waals surface area contributed by atoms with Gasteiger partial charge in [-0.25, -0.2) is 0 Å². The number of ether oxygens (including phenoxy) is 1. The van der Waals surface area contributed by atoms with Crippen LogP contribution in [0, 0.1) is 0 Å². The lowest BCUT2D eigenvalue weighted by Crippen LogP contribution is -2.35. The number of carbonyl (C=O) groups is 1. The zero-order valence-electron chi connectivity index (χ0n) is 16.5. The summed E-state index contributed by atoms with van der Waals surface area (Å²) in [5.74, 6) is 1.09. The topological polar surface area (TPSA) is 32.8 Å². The maximum Gasteiger partial charge on any atom is 0.253 e. The Bertz CT molecular complexity index is 811. The first-order chi connectivity index (χ1) is 13.1. The lowest BCUT2D eigenvalue weighted by Gasteiger charge is -2.26. The van der Waals surface area contributed by atoms with Gasteiger partial charge in [0, 0.05) is 37.8 Å². The average molecular weight is 367 g/mol. The quantitative estimate of drug-likeness (QED) is 0.807. The molecule has 4 nitrogen and oxygen atoms in total. The highest BCUT2D eigenvalue weighted by Gasteiger charge is 2.25. The molecule has 2 fully saturated rings. The minimum absolute atomic E-state index is 0.164. The van der Waals surface area contributed by atoms with Gasteiger partial charge in [-0.1, -0.05) is 12.1 Å². The largest absolute Gasteiger partial charge is 0.489 e. The molecule has 27 heavy (non-hydrogen) atoms. The van der Waals surface area contributed by atoms with E-state index in [0.29, 0.717) is 6.04 Å². The summed E-state index contributed by atoms with van der Waals surface area (Å²) in [4.78, 5) is 17.2. The average Bonchev–Trinajstić information content (AvgIpc) is 3.16. The Morgan fingerprint density at radius 3 is 2.48 bits per heavy atom. The van der Waals surface area contributed by atoms with Crippen LogP contribution in [0.15, 0.2) is 36.4 Å². The Kier molecular flexibility index (Phi) is 5.35. The van der Waals surface area contributed by atoms with Crippen LogP contribution in [-0.2, 0) is 0 Å². The van der Waals surface area contributed by atoms with E-state index in [2.05, 4.69) is 36.9 Å². The molecule has 0 bridgehead atoms. The summed E-state index contributed by atoms with van der Waals surface area (Å²) in [5, 5.41) is 2.22. The normalized spacial score (nSPS) is 21.1. The Balaban J connectivity index is 1.46. The minimum atomic E-state index is 0.164. The van der Waals surface area contributed by atoms with Crippen LogP contribution in [0.5, 0.6) is 5.75 Å². The minimum Gasteiger partial charge on any atom is -0.489 e. The van der Waals surface area contributed by atoms with Crippen molar-refractivity contribution in [1.29, 1.82) is 0 Å². The smallest absolute Gasteiger partial charge is 0.253 e. The van der Waals surface area contributed by atoms with Gasteiger partial charge in [0.25, 0.3) is 5.91 Å². The summed E-state index contributed by atoms with van der Waals surface area (Å²) in [6, 6.07) is 12.8. The number of benzene rings is 2. The lowest BCUT2D eigenvalue weighted by molar-refractivity contribution is 0.0724. The molecule has 2 aromatic rings. The van der Waals surface area contributed by atoms with Crippen molar-refractivity contribution in [3.8, 4) is 5.75 Å². The Hall–Kier alpha value is -2.07. The Labute approximate surface area is 162 Å². The van der Waals surface area contributed by atoms with Crippen LogP contribution in [0.4, 0.5) is 0 Å². The van der Waals surface area contributed by atoms with Gasteiger partial charge in [-0.3, -0.25) is 9.69 Å². The number of amides is 1. The third-order valence-corrected chi connectivity index (χ3v) is 5.91. The molecule has 0 aromatic heterocycles. The molecule has 1 unspecified atom stereocenters. The number of likely N-dealkylation sites (tertiary alicyclic amines) is 2. The molecule has 0 aliphatic carbocycles. The number of hydrogen-bond donors (Lipinski definition) is 0. The van der Waals surface area contributed by atoms with Gasteiger partial charge in [-0.15, -0.1) is 0 Å². The maximum atomic E-state index is 12.7. The third-order valence-electron chi connectivity index (χ3n) is 5.91. The molecule has 0 spiro atoms. The lowest BCUT2D eigenvalue weighted by atomic mass is 10.0. The zero-order chi connectivity index (χ0) is 18.8. The van der Waals surface area contributed by atoms with E-state index in [1.54, 1.807) is 0 Å². The first kappa shape index (κ1) is 18.3. The Morgan fingerprint density at radius 2 is 1.74 bits per heavy atom. The SMILES string of the molecule is CC(C)N1CCC(Oc2ccc3cc(C(=O)N4CCCCC4)ccc3c2)C1. The fourth-order valence-corrected chi connectivity index (χ4v) is 4.22. The second-order valence-corrected chi connectivity index (χ2v) is 8.19. The Morgan fingerprint density at radius 1 is 1.00 bits per heavy atom. The zero-order valence-corrected chi connectivity index (χ0v) is 16.5. The summed E-state index contributed by atoms with van der Waals surface area (Å²) in [6.45, 7) is 8.36. The van der Waals surface area contributed by atoms with E-state index in [0.717, 1.165) is 67.5 Å². The van der Waals surface area contributed by atoms with Crippen LogP contribution in [0.25, 0.3) is 10.8 Å². The highest BCUT2D eigenvalue weighted by molar-refractivity contribution is 5.98. The van der Waals surface area contributed by atoms with Crippen LogP contribution in [-0.4, -0.2) is 54.0 Å². The van der Waals surface area contributed by atoms with E-state index in [9.17, 15) is 4.79 Å². The molecule has 4 heteroatoms. The van der Waals surface area contributed by atoms with Gasteiger partial charge in [0.05, 0.1) is 0 Å². The van der Waals surface area contributed by atoms with Gasteiger partial charge < -0.3 is 9.64 Å². The van der Waals surface area contributed by atoms with E-state index in [1.165, 1.54) is 6.42 Å². The molecule has 2 aromatic carbocycles. The molecule has 2 aliphatic heterocycles. The monoisotopic (exact) mass is 366 g/mol. The summed E-state index contributed by atoms with van der Waals surface area (Å²) in [7, 11) is 0. The summed E-state index contributed by atoms with van der Waals surface area (Å²) < 4.78 is 6.22. The van der Waals surface area contributed by atoms with Crippen molar-refractivity contribution in [3.63, 3.8) is 0 Å². The maximum absolute atomic E-state index is 12.7. The molecule has 2 aliphatic rings. The van der Waals surface area contributed by atoms with Gasteiger partial charge in [0.1, 0.15) is 11.9 Å². The summed E-state index contributed by atoms with van der Waals surface area (Å²) in [6.07, 6.45) is 4.83. The van der Waals surface area contributed by atoms with E-state index in [-0.39, 0.29) is 12.0 Å². The molecule has 1 atom stereocenters. The first-order valence-corrected chi connectivity index (χ1v) is 10.3. The highest BCUT2D eigenvalue weighted by atomic mass is 16.5. The number of rotatable bonds is 4. The van der Waals surface area contributed by atoms with Gasteiger partial charge >= 0.3 is 0 Å². The third kappa shape index (κ3) is 4.11. The molecule has 1 amide bonds. The second-order valence-electron chi connectivity index (χ2n) is 8.19. The van der Waals surface area contributed by atoms with Crippen LogP contribution in [0.1, 0.15) is 49.9 Å². The van der Waals surface area contributed by atoms with E-state index >= 15 is 0 Å².